The van der Waals surface area contributed by atoms with Crippen LogP contribution in [0.1, 0.15) is 5.56 Å². The summed E-state index contributed by atoms with van der Waals surface area (Å²) in [6, 6.07) is 16.5. The van der Waals surface area contributed by atoms with Crippen molar-refractivity contribution in [3.05, 3.63) is 54.1 Å². The summed E-state index contributed by atoms with van der Waals surface area (Å²) in [5.41, 5.74) is 4.36. The van der Waals surface area contributed by atoms with Gasteiger partial charge in [-0.1, -0.05) is 22.9 Å². The van der Waals surface area contributed by atoms with Gasteiger partial charge in [0.05, 0.1) is 0 Å². The number of aryl methyl sites for hydroxylation is 1. The number of anilines is 1. The Morgan fingerprint density at radius 3 is 2.29 bits per heavy atom. The third kappa shape index (κ3) is 3.03. The van der Waals surface area contributed by atoms with E-state index in [9.17, 15) is 0 Å². The van der Waals surface area contributed by atoms with Gasteiger partial charge in [0.25, 0.3) is 5.89 Å². The van der Waals surface area contributed by atoms with E-state index in [0.717, 1.165) is 37.3 Å². The highest BCUT2D eigenvalue weighted by Gasteiger charge is 2.13. The van der Waals surface area contributed by atoms with Crippen LogP contribution in [0.2, 0.25) is 0 Å². The normalized spacial score (nSPS) is 14.8. The first-order valence-electron chi connectivity index (χ1n) is 8.26. The van der Waals surface area contributed by atoms with Crippen molar-refractivity contribution in [3.8, 4) is 22.8 Å². The minimum Gasteiger partial charge on any atom is -0.369 e. The predicted molar refractivity (Wildman–Crippen MR) is 95.0 cm³/mol. The molecule has 0 saturated carbocycles. The summed E-state index contributed by atoms with van der Waals surface area (Å²) in [7, 11) is 0. The number of nitrogens with zero attached hydrogens (tertiary/aromatic N) is 3. The van der Waals surface area contributed by atoms with Crippen molar-refractivity contribution in [3.63, 3.8) is 0 Å². The molecule has 0 spiro atoms. The number of hydrogen-bond donors (Lipinski definition) is 1. The Labute approximate surface area is 141 Å². The van der Waals surface area contributed by atoms with Crippen LogP contribution in [0.15, 0.2) is 53.1 Å². The third-order valence-corrected chi connectivity index (χ3v) is 4.33. The van der Waals surface area contributed by atoms with Gasteiger partial charge in [0, 0.05) is 43.0 Å². The van der Waals surface area contributed by atoms with Gasteiger partial charge in [0.15, 0.2) is 0 Å². The molecule has 5 nitrogen and oxygen atoms in total. The molecule has 1 aliphatic heterocycles. The van der Waals surface area contributed by atoms with Crippen LogP contribution in [-0.4, -0.2) is 36.3 Å². The lowest BCUT2D eigenvalue weighted by atomic mass is 10.1. The Bertz CT molecular complexity index is 802. The van der Waals surface area contributed by atoms with Gasteiger partial charge in [-0.05, 0) is 43.3 Å². The number of nitrogens with one attached hydrogen (secondary N) is 1. The Morgan fingerprint density at radius 2 is 1.58 bits per heavy atom. The lowest BCUT2D eigenvalue weighted by Crippen LogP contribution is -2.43. The van der Waals surface area contributed by atoms with E-state index in [0.29, 0.717) is 11.7 Å². The smallest absolute Gasteiger partial charge is 0.258 e. The highest BCUT2D eigenvalue weighted by Crippen LogP contribution is 2.24. The average Bonchev–Trinajstić information content (AvgIpc) is 3.13. The molecule has 0 atom stereocenters. The first kappa shape index (κ1) is 14.9. The Hall–Kier alpha value is -2.66. The Morgan fingerprint density at radius 1 is 0.917 bits per heavy atom. The molecule has 0 aliphatic carbocycles. The van der Waals surface area contributed by atoms with Crippen molar-refractivity contribution in [2.45, 2.75) is 6.92 Å². The van der Waals surface area contributed by atoms with E-state index >= 15 is 0 Å². The van der Waals surface area contributed by atoms with Crippen LogP contribution >= 0.6 is 0 Å². The largest absolute Gasteiger partial charge is 0.369 e. The molecular formula is C19H20N4O. The van der Waals surface area contributed by atoms with Gasteiger partial charge >= 0.3 is 0 Å². The zero-order chi connectivity index (χ0) is 16.4. The molecule has 2 heterocycles. The molecule has 1 aromatic heterocycles. The Kier molecular flexibility index (Phi) is 4.01. The fourth-order valence-corrected chi connectivity index (χ4v) is 2.90. The van der Waals surface area contributed by atoms with Crippen molar-refractivity contribution in [2.24, 2.45) is 0 Å². The van der Waals surface area contributed by atoms with Crippen LogP contribution in [0.5, 0.6) is 0 Å². The topological polar surface area (TPSA) is 54.2 Å². The molecule has 1 N–H and O–H groups in total. The minimum atomic E-state index is 0.552. The van der Waals surface area contributed by atoms with E-state index < -0.39 is 0 Å². The van der Waals surface area contributed by atoms with E-state index in [4.69, 9.17) is 4.52 Å². The number of benzene rings is 2. The monoisotopic (exact) mass is 320 g/mol. The van der Waals surface area contributed by atoms with E-state index in [1.165, 1.54) is 11.3 Å². The van der Waals surface area contributed by atoms with Crippen molar-refractivity contribution in [2.75, 3.05) is 31.1 Å². The molecule has 3 aromatic rings. The fourth-order valence-electron chi connectivity index (χ4n) is 2.90. The molecule has 2 aromatic carbocycles. The lowest BCUT2D eigenvalue weighted by Gasteiger charge is -2.29. The van der Waals surface area contributed by atoms with Gasteiger partial charge in [-0.3, -0.25) is 0 Å². The van der Waals surface area contributed by atoms with Crippen molar-refractivity contribution in [1.29, 1.82) is 0 Å². The number of aromatic nitrogens is 2. The molecule has 4 rings (SSSR count). The molecule has 1 saturated heterocycles. The standard InChI is InChI=1S/C19H20N4O/c1-14-2-4-16(5-3-14)19-21-18(22-24-19)15-6-8-17(9-7-15)23-12-10-20-11-13-23/h2-9,20H,10-13H2,1H3. The lowest BCUT2D eigenvalue weighted by molar-refractivity contribution is 0.432. The van der Waals surface area contributed by atoms with Gasteiger partial charge in [0.2, 0.25) is 5.82 Å². The molecule has 122 valence electrons. The van der Waals surface area contributed by atoms with E-state index in [-0.39, 0.29) is 0 Å². The number of hydrogen-bond acceptors (Lipinski definition) is 5. The second-order valence-corrected chi connectivity index (χ2v) is 6.07. The maximum Gasteiger partial charge on any atom is 0.258 e. The predicted octanol–water partition coefficient (Wildman–Crippen LogP) is 3.12. The molecule has 1 fully saturated rings. The number of piperazine rings is 1. The van der Waals surface area contributed by atoms with E-state index in [2.05, 4.69) is 51.5 Å². The van der Waals surface area contributed by atoms with Crippen molar-refractivity contribution < 1.29 is 4.52 Å². The molecule has 0 unspecified atom stereocenters. The van der Waals surface area contributed by atoms with Crippen molar-refractivity contribution >= 4 is 5.69 Å². The van der Waals surface area contributed by atoms with E-state index in [1.807, 2.05) is 24.3 Å². The fraction of sp³-hybridized carbons (Fsp3) is 0.263. The zero-order valence-corrected chi connectivity index (χ0v) is 13.7. The summed E-state index contributed by atoms with van der Waals surface area (Å²) in [4.78, 5) is 6.90. The van der Waals surface area contributed by atoms with Crippen LogP contribution < -0.4 is 10.2 Å². The average molecular weight is 320 g/mol. The molecule has 0 bridgehead atoms. The summed E-state index contributed by atoms with van der Waals surface area (Å²) >= 11 is 0. The van der Waals surface area contributed by atoms with Gasteiger partial charge in [-0.2, -0.15) is 4.98 Å². The molecule has 0 amide bonds. The summed E-state index contributed by atoms with van der Waals surface area (Å²) in [6.07, 6.45) is 0. The summed E-state index contributed by atoms with van der Waals surface area (Å²) in [6.45, 7) is 6.21. The second-order valence-electron chi connectivity index (χ2n) is 6.07. The highest BCUT2D eigenvalue weighted by molar-refractivity contribution is 5.63. The molecule has 24 heavy (non-hydrogen) atoms. The highest BCUT2D eigenvalue weighted by atomic mass is 16.5. The first-order chi connectivity index (χ1) is 11.8. The maximum atomic E-state index is 5.41. The van der Waals surface area contributed by atoms with Gasteiger partial charge in [-0.25, -0.2) is 0 Å². The molecule has 5 heteroatoms. The van der Waals surface area contributed by atoms with Gasteiger partial charge < -0.3 is 14.7 Å². The second kappa shape index (κ2) is 6.45. The van der Waals surface area contributed by atoms with Crippen molar-refractivity contribution in [1.82, 2.24) is 15.5 Å². The van der Waals surface area contributed by atoms with Crippen LogP contribution in [0.3, 0.4) is 0 Å². The summed E-state index contributed by atoms with van der Waals surface area (Å²) in [5.74, 6) is 1.17. The van der Waals surface area contributed by atoms with E-state index in [1.54, 1.807) is 0 Å². The summed E-state index contributed by atoms with van der Waals surface area (Å²) in [5, 5.41) is 7.49. The van der Waals surface area contributed by atoms with Gasteiger partial charge in [-0.15, -0.1) is 0 Å². The first-order valence-corrected chi connectivity index (χ1v) is 8.26. The zero-order valence-electron chi connectivity index (χ0n) is 13.7. The van der Waals surface area contributed by atoms with Crippen LogP contribution in [0.4, 0.5) is 5.69 Å². The Balaban J connectivity index is 1.54. The van der Waals surface area contributed by atoms with Crippen LogP contribution in [-0.2, 0) is 0 Å². The SMILES string of the molecule is Cc1ccc(-c2nc(-c3ccc(N4CCNCC4)cc3)no2)cc1. The molecule has 1 aliphatic rings. The molecular weight excluding hydrogens is 300 g/mol. The van der Waals surface area contributed by atoms with Crippen LogP contribution in [0.25, 0.3) is 22.8 Å². The third-order valence-electron chi connectivity index (χ3n) is 4.33. The maximum absolute atomic E-state index is 5.41. The van der Waals surface area contributed by atoms with Gasteiger partial charge in [0.1, 0.15) is 0 Å². The quantitative estimate of drug-likeness (QED) is 0.803. The number of rotatable bonds is 3. The summed E-state index contributed by atoms with van der Waals surface area (Å²) < 4.78 is 5.41. The van der Waals surface area contributed by atoms with Crippen LogP contribution in [0, 0.1) is 6.92 Å². The minimum absolute atomic E-state index is 0.552. The molecule has 0 radical (unpaired) electrons.